The van der Waals surface area contributed by atoms with Crippen molar-refractivity contribution in [2.24, 2.45) is 0 Å². The fourth-order valence-electron chi connectivity index (χ4n) is 3.71. The van der Waals surface area contributed by atoms with Crippen LogP contribution < -0.4 is 10.0 Å². The van der Waals surface area contributed by atoms with E-state index in [4.69, 9.17) is 0 Å². The fourth-order valence-corrected chi connectivity index (χ4v) is 4.15. The number of Topliss-reactive ketones (excluding diaryl/α,β-unsaturated/α-hetero) is 1. The van der Waals surface area contributed by atoms with Crippen LogP contribution in [0.1, 0.15) is 33.6 Å². The second kappa shape index (κ2) is 6.38. The molecule has 0 atom stereocenters. The number of hydrogen-bond donors (Lipinski definition) is 3. The van der Waals surface area contributed by atoms with Crippen molar-refractivity contribution in [2.75, 3.05) is 12.8 Å². The zero-order valence-corrected chi connectivity index (χ0v) is 15.6. The van der Waals surface area contributed by atoms with Crippen molar-refractivity contribution in [2.45, 2.75) is 19.3 Å². The number of aromatic amines is 1. The van der Waals surface area contributed by atoms with Gasteiger partial charge in [0.25, 0.3) is 5.91 Å². The number of allylic oxidation sites excluding steroid dienone is 2. The lowest BCUT2D eigenvalue weighted by molar-refractivity contribution is -0.112. The fraction of sp³-hybridized carbons (Fsp3) is 0.263. The zero-order valence-electron chi connectivity index (χ0n) is 14.8. The van der Waals surface area contributed by atoms with Gasteiger partial charge in [-0.2, -0.15) is 0 Å². The molecule has 3 N–H and O–H groups in total. The highest BCUT2D eigenvalue weighted by atomic mass is 32.2. The molecule has 2 aromatic rings. The maximum atomic E-state index is 12.6. The number of aryl methyl sites for hydroxylation is 2. The van der Waals surface area contributed by atoms with E-state index in [9.17, 15) is 18.0 Å². The lowest BCUT2D eigenvalue weighted by atomic mass is 9.96. The van der Waals surface area contributed by atoms with Crippen LogP contribution >= 0.6 is 0 Å². The molecule has 0 radical (unpaired) electrons. The molecule has 0 saturated heterocycles. The van der Waals surface area contributed by atoms with Crippen LogP contribution in [-0.2, 0) is 27.7 Å². The van der Waals surface area contributed by atoms with E-state index in [1.54, 1.807) is 18.4 Å². The first kappa shape index (κ1) is 17.5. The number of rotatable bonds is 3. The first-order valence-corrected chi connectivity index (χ1v) is 10.6. The SMILES string of the molecule is CS(=O)(=O)NC(=O)c1[nH]c2cc3c(cc2c1C1=CC=CNCC1=O)CCC3. The van der Waals surface area contributed by atoms with Gasteiger partial charge in [0.2, 0.25) is 10.0 Å². The third-order valence-corrected chi connectivity index (χ3v) is 5.38. The van der Waals surface area contributed by atoms with Gasteiger partial charge in [-0.05, 0) is 60.9 Å². The van der Waals surface area contributed by atoms with Gasteiger partial charge in [0.15, 0.2) is 5.78 Å². The minimum absolute atomic E-state index is 0.0778. The van der Waals surface area contributed by atoms with E-state index in [-0.39, 0.29) is 18.0 Å². The molecule has 4 rings (SSSR count). The predicted octanol–water partition coefficient (Wildman–Crippen LogP) is 1.42. The highest BCUT2D eigenvalue weighted by Gasteiger charge is 2.27. The number of amides is 1. The monoisotopic (exact) mass is 385 g/mol. The van der Waals surface area contributed by atoms with Crippen LogP contribution in [0, 0.1) is 0 Å². The molecule has 1 aromatic heterocycles. The van der Waals surface area contributed by atoms with E-state index in [2.05, 4.69) is 10.3 Å². The van der Waals surface area contributed by atoms with E-state index in [1.807, 2.05) is 16.9 Å². The number of hydrogen-bond acceptors (Lipinski definition) is 5. The second-order valence-electron chi connectivity index (χ2n) is 6.84. The summed E-state index contributed by atoms with van der Waals surface area (Å²) in [5, 5.41) is 3.63. The molecule has 27 heavy (non-hydrogen) atoms. The summed E-state index contributed by atoms with van der Waals surface area (Å²) in [5.41, 5.74) is 4.03. The van der Waals surface area contributed by atoms with Gasteiger partial charge in [0.05, 0.1) is 12.8 Å². The summed E-state index contributed by atoms with van der Waals surface area (Å²) in [6.07, 6.45) is 8.93. The quantitative estimate of drug-likeness (QED) is 0.740. The number of ketones is 1. The van der Waals surface area contributed by atoms with Gasteiger partial charge < -0.3 is 10.3 Å². The molecule has 0 bridgehead atoms. The summed E-state index contributed by atoms with van der Waals surface area (Å²) in [6.45, 7) is 0.104. The Morgan fingerprint density at radius 1 is 1.19 bits per heavy atom. The molecule has 0 saturated carbocycles. The third-order valence-electron chi connectivity index (χ3n) is 4.83. The smallest absolute Gasteiger partial charge is 0.281 e. The summed E-state index contributed by atoms with van der Waals surface area (Å²) in [7, 11) is -3.74. The zero-order chi connectivity index (χ0) is 19.2. The van der Waals surface area contributed by atoms with Crippen LogP contribution in [0.3, 0.4) is 0 Å². The molecule has 1 aliphatic heterocycles. The summed E-state index contributed by atoms with van der Waals surface area (Å²) >= 11 is 0. The van der Waals surface area contributed by atoms with E-state index in [0.29, 0.717) is 11.1 Å². The normalized spacial score (nSPS) is 16.6. The van der Waals surface area contributed by atoms with Crippen molar-refractivity contribution < 1.29 is 18.0 Å². The standard InChI is InChI=1S/C19H19N3O4S/c1-27(25,26)22-19(24)18-17(13-6-3-7-20-10-16(13)23)14-8-11-4-2-5-12(11)9-15(14)21-18/h3,6-9,20-21H,2,4-5,10H2,1H3,(H,22,24). The molecule has 2 aliphatic rings. The molecular formula is C19H19N3O4S. The van der Waals surface area contributed by atoms with Crippen molar-refractivity contribution >= 4 is 38.2 Å². The Morgan fingerprint density at radius 3 is 2.67 bits per heavy atom. The van der Waals surface area contributed by atoms with Crippen LogP contribution in [0.4, 0.5) is 0 Å². The molecular weight excluding hydrogens is 366 g/mol. The van der Waals surface area contributed by atoms with Crippen LogP contribution in [-0.4, -0.2) is 37.9 Å². The Labute approximate surface area is 156 Å². The average molecular weight is 385 g/mol. The Morgan fingerprint density at radius 2 is 1.93 bits per heavy atom. The van der Waals surface area contributed by atoms with E-state index in [1.165, 1.54) is 11.1 Å². The van der Waals surface area contributed by atoms with Gasteiger partial charge in [-0.3, -0.25) is 9.59 Å². The number of aromatic nitrogens is 1. The molecule has 140 valence electrons. The van der Waals surface area contributed by atoms with Crippen molar-refractivity contribution in [1.29, 1.82) is 0 Å². The van der Waals surface area contributed by atoms with Crippen LogP contribution in [0.2, 0.25) is 0 Å². The number of carbonyl (C=O) groups is 2. The molecule has 0 spiro atoms. The first-order valence-electron chi connectivity index (χ1n) is 8.67. The molecule has 1 aromatic carbocycles. The minimum Gasteiger partial charge on any atom is -0.383 e. The maximum absolute atomic E-state index is 12.6. The van der Waals surface area contributed by atoms with E-state index in [0.717, 1.165) is 36.4 Å². The van der Waals surface area contributed by atoms with E-state index >= 15 is 0 Å². The average Bonchev–Trinajstić information content (AvgIpc) is 3.12. The number of fused-ring (bicyclic) bond motifs is 2. The Hall–Kier alpha value is -2.87. The second-order valence-corrected chi connectivity index (χ2v) is 8.59. The van der Waals surface area contributed by atoms with Crippen molar-refractivity contribution in [3.8, 4) is 0 Å². The van der Waals surface area contributed by atoms with E-state index < -0.39 is 15.9 Å². The Bertz CT molecular complexity index is 1140. The third kappa shape index (κ3) is 3.28. The van der Waals surface area contributed by atoms with Crippen LogP contribution in [0.5, 0.6) is 0 Å². The number of sulfonamides is 1. The minimum atomic E-state index is -3.74. The van der Waals surface area contributed by atoms with Crippen molar-refractivity contribution in [1.82, 2.24) is 15.0 Å². The molecule has 0 unspecified atom stereocenters. The summed E-state index contributed by atoms with van der Waals surface area (Å²) in [6, 6.07) is 4.01. The summed E-state index contributed by atoms with van der Waals surface area (Å²) in [5.74, 6) is -0.950. The highest BCUT2D eigenvalue weighted by molar-refractivity contribution is 7.89. The molecule has 0 fully saturated rings. The summed E-state index contributed by atoms with van der Waals surface area (Å²) in [4.78, 5) is 28.3. The number of nitrogens with one attached hydrogen (secondary N) is 3. The molecule has 1 aliphatic carbocycles. The van der Waals surface area contributed by atoms with Crippen molar-refractivity contribution in [3.05, 3.63) is 52.9 Å². The van der Waals surface area contributed by atoms with Gasteiger partial charge in [-0.15, -0.1) is 0 Å². The molecule has 8 heteroatoms. The van der Waals surface area contributed by atoms with Gasteiger partial charge in [0.1, 0.15) is 5.69 Å². The maximum Gasteiger partial charge on any atom is 0.281 e. The number of H-pyrrole nitrogens is 1. The first-order chi connectivity index (χ1) is 12.8. The van der Waals surface area contributed by atoms with Crippen molar-refractivity contribution in [3.63, 3.8) is 0 Å². The van der Waals surface area contributed by atoms with Gasteiger partial charge in [-0.25, -0.2) is 13.1 Å². The lowest BCUT2D eigenvalue weighted by Gasteiger charge is -2.08. The summed E-state index contributed by atoms with van der Waals surface area (Å²) < 4.78 is 25.1. The molecule has 1 amide bonds. The Kier molecular flexibility index (Phi) is 4.15. The number of carbonyl (C=O) groups excluding carboxylic acids is 2. The molecule has 7 nitrogen and oxygen atoms in total. The van der Waals surface area contributed by atoms with Gasteiger partial charge in [-0.1, -0.05) is 0 Å². The highest BCUT2D eigenvalue weighted by Crippen LogP contribution is 2.34. The van der Waals surface area contributed by atoms with Crippen LogP contribution in [0.25, 0.3) is 16.5 Å². The molecule has 2 heterocycles. The Balaban J connectivity index is 1.96. The lowest BCUT2D eigenvalue weighted by Crippen LogP contribution is -2.30. The van der Waals surface area contributed by atoms with Gasteiger partial charge >= 0.3 is 0 Å². The van der Waals surface area contributed by atoms with Gasteiger partial charge in [0, 0.05) is 22.0 Å². The predicted molar refractivity (Wildman–Crippen MR) is 103 cm³/mol. The van der Waals surface area contributed by atoms with Crippen LogP contribution in [0.15, 0.2) is 30.5 Å². The topological polar surface area (TPSA) is 108 Å². The number of benzene rings is 1. The largest absolute Gasteiger partial charge is 0.383 e.